The van der Waals surface area contributed by atoms with Crippen molar-refractivity contribution in [2.24, 2.45) is 0 Å². The molecule has 2 nitrogen and oxygen atoms in total. The average Bonchev–Trinajstić information content (AvgIpc) is 2.40. The van der Waals surface area contributed by atoms with E-state index in [9.17, 15) is 5.21 Å². The molecule has 3 rings (SSSR count). The number of hydrogen-bond acceptors (Lipinski definition) is 1. The number of rotatable bonds is 1. The molecule has 1 heterocycles. The Morgan fingerprint density at radius 3 is 1.82 bits per heavy atom. The second-order valence-corrected chi connectivity index (χ2v) is 4.16. The van der Waals surface area contributed by atoms with Gasteiger partial charge in [-0.25, -0.2) is 0 Å². The second kappa shape index (κ2) is 3.74. The van der Waals surface area contributed by atoms with E-state index < -0.39 is 0 Å². The van der Waals surface area contributed by atoms with E-state index in [1.54, 1.807) is 0 Å². The van der Waals surface area contributed by atoms with Crippen LogP contribution in [0.4, 0.5) is 0 Å². The van der Waals surface area contributed by atoms with Gasteiger partial charge in [-0.3, -0.25) is 0 Å². The molecule has 0 unspecified atom stereocenters. The van der Waals surface area contributed by atoms with Crippen LogP contribution >= 0.6 is 0 Å². The van der Waals surface area contributed by atoms with E-state index in [4.69, 9.17) is 0 Å². The fraction of sp³-hybridized carbons (Fsp3) is 0.133. The number of para-hydroxylation sites is 2. The maximum Gasteiger partial charge on any atom is 0.224 e. The van der Waals surface area contributed by atoms with Crippen LogP contribution in [0.15, 0.2) is 48.5 Å². The topological polar surface area (TPSA) is 26.9 Å². The third kappa shape index (κ3) is 1.37. The molecule has 0 N–H and O–H groups in total. The Morgan fingerprint density at radius 2 is 1.35 bits per heavy atom. The third-order valence-corrected chi connectivity index (χ3v) is 3.25. The second-order valence-electron chi connectivity index (χ2n) is 4.16. The summed E-state index contributed by atoms with van der Waals surface area (Å²) in [4.78, 5) is 0. The molecule has 0 saturated heterocycles. The van der Waals surface area contributed by atoms with Crippen molar-refractivity contribution in [3.05, 3.63) is 59.3 Å². The van der Waals surface area contributed by atoms with Crippen molar-refractivity contribution in [1.82, 2.24) is 0 Å². The van der Waals surface area contributed by atoms with Crippen molar-refractivity contribution in [2.45, 2.75) is 13.3 Å². The molecule has 0 saturated carbocycles. The van der Waals surface area contributed by atoms with Crippen molar-refractivity contribution in [3.8, 4) is 0 Å². The Labute approximate surface area is 99.7 Å². The van der Waals surface area contributed by atoms with E-state index in [2.05, 4.69) is 6.92 Å². The van der Waals surface area contributed by atoms with Crippen LogP contribution in [-0.4, -0.2) is 0 Å². The van der Waals surface area contributed by atoms with Crippen molar-refractivity contribution in [2.75, 3.05) is 0 Å². The van der Waals surface area contributed by atoms with Crippen molar-refractivity contribution < 1.29 is 4.73 Å². The first-order valence-electron chi connectivity index (χ1n) is 5.85. The Balaban J connectivity index is 2.63. The van der Waals surface area contributed by atoms with Gasteiger partial charge in [0.2, 0.25) is 11.0 Å². The lowest BCUT2D eigenvalue weighted by molar-refractivity contribution is -0.547. The molecule has 0 atom stereocenters. The molecule has 0 bridgehead atoms. The van der Waals surface area contributed by atoms with E-state index in [0.29, 0.717) is 0 Å². The standard InChI is InChI=1S/C15H13NO/c1-2-11-12-7-3-5-9-14(12)16(17)15-10-6-4-8-13(11)15/h3-10H,2H2,1H3. The summed E-state index contributed by atoms with van der Waals surface area (Å²) in [5.41, 5.74) is 2.76. The summed E-state index contributed by atoms with van der Waals surface area (Å²) in [7, 11) is 0. The predicted molar refractivity (Wildman–Crippen MR) is 69.8 cm³/mol. The zero-order valence-corrected chi connectivity index (χ0v) is 9.68. The van der Waals surface area contributed by atoms with Gasteiger partial charge in [0, 0.05) is 12.1 Å². The van der Waals surface area contributed by atoms with Crippen LogP contribution in [0.2, 0.25) is 0 Å². The van der Waals surface area contributed by atoms with Crippen molar-refractivity contribution in [3.63, 3.8) is 0 Å². The summed E-state index contributed by atoms with van der Waals surface area (Å²) in [6.45, 7) is 2.13. The number of nitrogens with zero attached hydrogens (tertiary/aromatic N) is 1. The van der Waals surface area contributed by atoms with Crippen LogP contribution in [-0.2, 0) is 6.42 Å². The minimum atomic E-state index is 0.753. The fourth-order valence-electron chi connectivity index (χ4n) is 2.47. The number of aromatic nitrogens is 1. The normalized spacial score (nSPS) is 11.1. The molecule has 2 heteroatoms. The first-order valence-corrected chi connectivity index (χ1v) is 5.85. The van der Waals surface area contributed by atoms with Crippen LogP contribution in [0.1, 0.15) is 12.5 Å². The highest BCUT2D eigenvalue weighted by molar-refractivity contribution is 5.93. The fourth-order valence-corrected chi connectivity index (χ4v) is 2.47. The van der Waals surface area contributed by atoms with Crippen molar-refractivity contribution in [1.29, 1.82) is 0 Å². The molecule has 2 aromatic carbocycles. The zero-order chi connectivity index (χ0) is 11.8. The number of benzene rings is 2. The van der Waals surface area contributed by atoms with E-state index in [0.717, 1.165) is 33.0 Å². The van der Waals surface area contributed by atoms with E-state index >= 15 is 0 Å². The van der Waals surface area contributed by atoms with Gasteiger partial charge in [-0.05, 0) is 24.1 Å². The molecule has 0 aliphatic rings. The molecule has 0 aliphatic carbocycles. The van der Waals surface area contributed by atoms with Crippen LogP contribution in [0.25, 0.3) is 21.8 Å². The Kier molecular flexibility index (Phi) is 2.22. The first-order chi connectivity index (χ1) is 8.33. The Bertz CT molecular complexity index is 647. The van der Waals surface area contributed by atoms with Gasteiger partial charge in [0.1, 0.15) is 0 Å². The van der Waals surface area contributed by atoms with Gasteiger partial charge < -0.3 is 5.21 Å². The molecular weight excluding hydrogens is 210 g/mol. The smallest absolute Gasteiger partial charge is 0.224 e. The summed E-state index contributed by atoms with van der Waals surface area (Å²) in [5, 5.41) is 14.4. The monoisotopic (exact) mass is 223 g/mol. The highest BCUT2D eigenvalue weighted by atomic mass is 16.5. The summed E-state index contributed by atoms with van der Waals surface area (Å²) in [6, 6.07) is 15.6. The summed E-state index contributed by atoms with van der Waals surface area (Å²) >= 11 is 0. The van der Waals surface area contributed by atoms with Crippen LogP contribution in [0, 0.1) is 5.21 Å². The van der Waals surface area contributed by atoms with E-state index in [-0.39, 0.29) is 0 Å². The Hall–Kier alpha value is -2.09. The molecule has 0 aliphatic heterocycles. The molecule has 0 amide bonds. The van der Waals surface area contributed by atoms with Gasteiger partial charge in [-0.2, -0.15) is 4.73 Å². The van der Waals surface area contributed by atoms with Gasteiger partial charge in [-0.1, -0.05) is 31.2 Å². The minimum absolute atomic E-state index is 0.753. The summed E-state index contributed by atoms with van der Waals surface area (Å²) < 4.78 is 1.03. The number of aryl methyl sites for hydroxylation is 1. The minimum Gasteiger partial charge on any atom is -0.618 e. The van der Waals surface area contributed by atoms with Gasteiger partial charge in [0.25, 0.3) is 0 Å². The Morgan fingerprint density at radius 1 is 0.882 bits per heavy atom. The van der Waals surface area contributed by atoms with Crippen LogP contribution in [0.3, 0.4) is 0 Å². The summed E-state index contributed by atoms with van der Waals surface area (Å²) in [5.74, 6) is 0. The van der Waals surface area contributed by atoms with Gasteiger partial charge in [-0.15, -0.1) is 0 Å². The first kappa shape index (κ1) is 10.1. The lowest BCUT2D eigenvalue weighted by Crippen LogP contribution is -2.28. The molecule has 3 aromatic rings. The molecule has 0 radical (unpaired) electrons. The maximum absolute atomic E-state index is 12.3. The largest absolute Gasteiger partial charge is 0.618 e. The number of hydrogen-bond donors (Lipinski definition) is 0. The van der Waals surface area contributed by atoms with Crippen LogP contribution < -0.4 is 4.73 Å². The molecule has 0 fully saturated rings. The lowest BCUT2D eigenvalue weighted by Gasteiger charge is -2.10. The van der Waals surface area contributed by atoms with Crippen LogP contribution in [0.5, 0.6) is 0 Å². The highest BCUT2D eigenvalue weighted by Crippen LogP contribution is 2.24. The van der Waals surface area contributed by atoms with E-state index in [1.165, 1.54) is 5.56 Å². The van der Waals surface area contributed by atoms with E-state index in [1.807, 2.05) is 48.5 Å². The number of fused-ring (bicyclic) bond motifs is 2. The molecule has 17 heavy (non-hydrogen) atoms. The zero-order valence-electron chi connectivity index (χ0n) is 9.68. The SMILES string of the molecule is CCc1c2ccccc2[n+]([O-])c2ccccc12. The average molecular weight is 223 g/mol. The molecule has 0 spiro atoms. The number of pyridine rings is 1. The lowest BCUT2D eigenvalue weighted by atomic mass is 10.0. The molecule has 1 aromatic heterocycles. The van der Waals surface area contributed by atoms with Gasteiger partial charge in [0.15, 0.2) is 0 Å². The molecule has 84 valence electrons. The summed E-state index contributed by atoms with van der Waals surface area (Å²) in [6.07, 6.45) is 0.932. The van der Waals surface area contributed by atoms with Gasteiger partial charge in [0.05, 0.1) is 10.8 Å². The third-order valence-electron chi connectivity index (χ3n) is 3.25. The molecular formula is C15H13NO. The maximum atomic E-state index is 12.3. The van der Waals surface area contributed by atoms with Crippen molar-refractivity contribution >= 4 is 21.8 Å². The predicted octanol–water partition coefficient (Wildman–Crippen LogP) is 3.19. The van der Waals surface area contributed by atoms with Gasteiger partial charge >= 0.3 is 0 Å². The quantitative estimate of drug-likeness (QED) is 0.353. The highest BCUT2D eigenvalue weighted by Gasteiger charge is 2.14.